The van der Waals surface area contributed by atoms with Gasteiger partial charge in [0.2, 0.25) is 0 Å². The van der Waals surface area contributed by atoms with Gasteiger partial charge in [0.05, 0.1) is 43.3 Å². The Hall–Kier alpha value is -2.39. The number of rotatable bonds is 6. The molecule has 0 N–H and O–H groups in total. The summed E-state index contributed by atoms with van der Waals surface area (Å²) in [5.41, 5.74) is 0.434. The third-order valence-corrected chi connectivity index (χ3v) is 5.64. The van der Waals surface area contributed by atoms with E-state index in [1.807, 2.05) is 0 Å². The second kappa shape index (κ2) is 8.74. The van der Waals surface area contributed by atoms with Gasteiger partial charge in [-0.05, 0) is 38.0 Å². The highest BCUT2D eigenvalue weighted by Gasteiger charge is 2.24. The maximum atomic E-state index is 13.1. The third-order valence-electron chi connectivity index (χ3n) is 4.57. The largest absolute Gasteiger partial charge is 0.468 e. The van der Waals surface area contributed by atoms with Gasteiger partial charge in [0.1, 0.15) is 5.25 Å². The van der Waals surface area contributed by atoms with Gasteiger partial charge in [0, 0.05) is 6.61 Å². The van der Waals surface area contributed by atoms with Gasteiger partial charge in [0.25, 0.3) is 5.56 Å². The van der Waals surface area contributed by atoms with E-state index < -0.39 is 17.2 Å². The maximum Gasteiger partial charge on any atom is 0.337 e. The van der Waals surface area contributed by atoms with Crippen LogP contribution >= 0.6 is 11.8 Å². The molecule has 2 atom stereocenters. The summed E-state index contributed by atoms with van der Waals surface area (Å²) in [6, 6.07) is 4.63. The number of hydrogen-bond donors (Lipinski definition) is 0. The highest BCUT2D eigenvalue weighted by atomic mass is 32.2. The molecule has 9 heteroatoms. The molecular formula is C19H22N2O6S. The molecule has 0 saturated carbocycles. The minimum absolute atomic E-state index is 0.0703. The van der Waals surface area contributed by atoms with Crippen molar-refractivity contribution in [2.75, 3.05) is 20.8 Å². The minimum Gasteiger partial charge on any atom is -0.468 e. The lowest BCUT2D eigenvalue weighted by Crippen LogP contribution is -2.30. The first-order chi connectivity index (χ1) is 13.4. The second-order valence-electron chi connectivity index (χ2n) is 6.45. The van der Waals surface area contributed by atoms with E-state index in [1.54, 1.807) is 17.6 Å². The van der Waals surface area contributed by atoms with E-state index in [0.717, 1.165) is 24.6 Å². The standard InChI is InChI=1S/C19H22N2O6S/c1-11(17(23)25-2)28-19-20-15-9-12(18(24)26-3)6-7-14(15)16(22)21(19)10-13-5-4-8-27-13/h6-7,9,11,13H,4-5,8,10H2,1-3H3/t11-,13-/m0/s1. The molecule has 1 aromatic carbocycles. The van der Waals surface area contributed by atoms with Crippen molar-refractivity contribution < 1.29 is 23.8 Å². The summed E-state index contributed by atoms with van der Waals surface area (Å²) in [6.07, 6.45) is 1.74. The average molecular weight is 406 g/mol. The summed E-state index contributed by atoms with van der Waals surface area (Å²) in [5.74, 6) is -0.921. The molecule has 1 aliphatic heterocycles. The van der Waals surface area contributed by atoms with Crippen LogP contribution in [0.3, 0.4) is 0 Å². The van der Waals surface area contributed by atoms with E-state index in [9.17, 15) is 14.4 Å². The average Bonchev–Trinajstić information content (AvgIpc) is 3.22. The van der Waals surface area contributed by atoms with Crippen molar-refractivity contribution in [2.24, 2.45) is 0 Å². The maximum absolute atomic E-state index is 13.1. The Morgan fingerprint density at radius 3 is 2.79 bits per heavy atom. The fourth-order valence-corrected chi connectivity index (χ4v) is 4.01. The molecule has 1 aliphatic rings. The lowest BCUT2D eigenvalue weighted by Gasteiger charge is -2.18. The SMILES string of the molecule is COC(=O)c1ccc2c(=O)n(C[C@@H]3CCCO3)c(S[C@@H](C)C(=O)OC)nc2c1. The monoisotopic (exact) mass is 406 g/mol. The zero-order chi connectivity index (χ0) is 20.3. The van der Waals surface area contributed by atoms with Crippen molar-refractivity contribution in [3.63, 3.8) is 0 Å². The predicted molar refractivity (Wildman–Crippen MR) is 104 cm³/mol. The fourth-order valence-electron chi connectivity index (χ4n) is 3.06. The van der Waals surface area contributed by atoms with Crippen LogP contribution < -0.4 is 5.56 Å². The molecule has 2 heterocycles. The number of carbonyl (C=O) groups is 2. The second-order valence-corrected chi connectivity index (χ2v) is 7.76. The first-order valence-corrected chi connectivity index (χ1v) is 9.81. The number of thioether (sulfide) groups is 1. The number of methoxy groups -OCH3 is 2. The Bertz CT molecular complexity index is 951. The van der Waals surface area contributed by atoms with Crippen LogP contribution in [0.15, 0.2) is 28.2 Å². The highest BCUT2D eigenvalue weighted by molar-refractivity contribution is 8.00. The van der Waals surface area contributed by atoms with Crippen LogP contribution in [0.25, 0.3) is 10.9 Å². The molecule has 0 amide bonds. The first kappa shape index (κ1) is 20.3. The number of benzene rings is 1. The van der Waals surface area contributed by atoms with Crippen LogP contribution in [-0.4, -0.2) is 53.7 Å². The third kappa shape index (κ3) is 4.20. The number of esters is 2. The predicted octanol–water partition coefficient (Wildman–Crippen LogP) is 2.02. The highest BCUT2D eigenvalue weighted by Crippen LogP contribution is 2.25. The Kier molecular flexibility index (Phi) is 6.35. The van der Waals surface area contributed by atoms with E-state index in [4.69, 9.17) is 14.2 Å². The number of fused-ring (bicyclic) bond motifs is 1. The van der Waals surface area contributed by atoms with Crippen molar-refractivity contribution in [3.8, 4) is 0 Å². The van der Waals surface area contributed by atoms with Crippen molar-refractivity contribution in [1.82, 2.24) is 9.55 Å². The van der Waals surface area contributed by atoms with E-state index >= 15 is 0 Å². The van der Waals surface area contributed by atoms with Gasteiger partial charge >= 0.3 is 11.9 Å². The molecule has 0 aliphatic carbocycles. The molecule has 2 aromatic rings. The van der Waals surface area contributed by atoms with E-state index in [1.165, 1.54) is 26.4 Å². The smallest absolute Gasteiger partial charge is 0.337 e. The van der Waals surface area contributed by atoms with Gasteiger partial charge < -0.3 is 14.2 Å². The lowest BCUT2D eigenvalue weighted by atomic mass is 10.1. The quantitative estimate of drug-likeness (QED) is 0.408. The minimum atomic E-state index is -0.547. The normalized spacial score (nSPS) is 17.5. The molecule has 3 rings (SSSR count). The van der Waals surface area contributed by atoms with E-state index in [0.29, 0.717) is 34.8 Å². The van der Waals surface area contributed by atoms with Gasteiger partial charge in [-0.25, -0.2) is 9.78 Å². The lowest BCUT2D eigenvalue weighted by molar-refractivity contribution is -0.139. The zero-order valence-electron chi connectivity index (χ0n) is 16.0. The Labute approximate surface area is 166 Å². The summed E-state index contributed by atoms with van der Waals surface area (Å²) < 4.78 is 16.7. The molecule has 0 bridgehead atoms. The van der Waals surface area contributed by atoms with Crippen molar-refractivity contribution >= 4 is 34.6 Å². The Morgan fingerprint density at radius 1 is 1.36 bits per heavy atom. The number of hydrogen-bond acceptors (Lipinski definition) is 8. The summed E-state index contributed by atoms with van der Waals surface area (Å²) >= 11 is 1.14. The van der Waals surface area contributed by atoms with Crippen LogP contribution in [0, 0.1) is 0 Å². The fraction of sp³-hybridized carbons (Fsp3) is 0.474. The van der Waals surface area contributed by atoms with Crippen LogP contribution in [0.4, 0.5) is 0 Å². The number of ether oxygens (including phenoxy) is 3. The van der Waals surface area contributed by atoms with Crippen molar-refractivity contribution in [1.29, 1.82) is 0 Å². The van der Waals surface area contributed by atoms with E-state index in [-0.39, 0.29) is 11.7 Å². The van der Waals surface area contributed by atoms with Crippen LogP contribution in [0.5, 0.6) is 0 Å². The van der Waals surface area contributed by atoms with Gasteiger partial charge in [0.15, 0.2) is 5.16 Å². The summed E-state index contributed by atoms with van der Waals surface area (Å²) in [4.78, 5) is 41.4. The first-order valence-electron chi connectivity index (χ1n) is 8.93. The molecule has 28 heavy (non-hydrogen) atoms. The topological polar surface area (TPSA) is 96.7 Å². The molecule has 8 nitrogen and oxygen atoms in total. The Balaban J connectivity index is 2.09. The van der Waals surface area contributed by atoms with Crippen molar-refractivity contribution in [2.45, 2.75) is 42.8 Å². The number of nitrogens with zero attached hydrogens (tertiary/aromatic N) is 2. The molecule has 150 valence electrons. The van der Waals surface area contributed by atoms with Gasteiger partial charge in [-0.15, -0.1) is 0 Å². The molecule has 1 saturated heterocycles. The van der Waals surface area contributed by atoms with Crippen LogP contribution in [0.2, 0.25) is 0 Å². The van der Waals surface area contributed by atoms with Gasteiger partial charge in [-0.2, -0.15) is 0 Å². The molecule has 0 unspecified atom stereocenters. The molecule has 0 radical (unpaired) electrons. The van der Waals surface area contributed by atoms with Gasteiger partial charge in [-0.1, -0.05) is 11.8 Å². The summed E-state index contributed by atoms with van der Waals surface area (Å²) in [6.45, 7) is 2.72. The molecule has 1 fully saturated rings. The molecule has 1 aromatic heterocycles. The van der Waals surface area contributed by atoms with E-state index in [2.05, 4.69) is 4.98 Å². The zero-order valence-corrected chi connectivity index (χ0v) is 16.8. The number of carbonyl (C=O) groups excluding carboxylic acids is 2. The summed E-state index contributed by atoms with van der Waals surface area (Å²) in [7, 11) is 2.61. The number of aromatic nitrogens is 2. The van der Waals surface area contributed by atoms with Crippen molar-refractivity contribution in [3.05, 3.63) is 34.1 Å². The molecular weight excluding hydrogens is 384 g/mol. The van der Waals surface area contributed by atoms with Crippen LogP contribution in [0.1, 0.15) is 30.1 Å². The van der Waals surface area contributed by atoms with Crippen LogP contribution in [-0.2, 0) is 25.5 Å². The Morgan fingerprint density at radius 2 is 2.14 bits per heavy atom. The van der Waals surface area contributed by atoms with Gasteiger partial charge in [-0.3, -0.25) is 14.2 Å². The summed E-state index contributed by atoms with van der Waals surface area (Å²) in [5, 5.41) is 0.225. The molecule has 0 spiro atoms.